The Hall–Kier alpha value is -2.50. The molecule has 0 bridgehead atoms. The predicted molar refractivity (Wildman–Crippen MR) is 92.6 cm³/mol. The lowest BCUT2D eigenvalue weighted by Gasteiger charge is -2.32. The van der Waals surface area contributed by atoms with Gasteiger partial charge in [0.15, 0.2) is 0 Å². The van der Waals surface area contributed by atoms with E-state index in [1.165, 1.54) is 0 Å². The van der Waals surface area contributed by atoms with Crippen molar-refractivity contribution in [1.82, 2.24) is 20.1 Å². The van der Waals surface area contributed by atoms with Crippen molar-refractivity contribution in [2.45, 2.75) is 38.6 Å². The molecule has 0 radical (unpaired) electrons. The van der Waals surface area contributed by atoms with Crippen LogP contribution >= 0.6 is 0 Å². The van der Waals surface area contributed by atoms with Gasteiger partial charge in [0, 0.05) is 37.9 Å². The minimum absolute atomic E-state index is 0.236. The van der Waals surface area contributed by atoms with Crippen LogP contribution in [0.15, 0.2) is 36.7 Å². The van der Waals surface area contributed by atoms with Crippen LogP contribution in [-0.2, 0) is 11.2 Å². The minimum atomic E-state index is 0.236. The molecular weight excluding hydrogens is 302 g/mol. The van der Waals surface area contributed by atoms with E-state index in [-0.39, 0.29) is 5.91 Å². The lowest BCUT2D eigenvalue weighted by Crippen LogP contribution is -2.42. The number of pyridine rings is 1. The Kier molecular flexibility index (Phi) is 5.36. The molecule has 1 aliphatic rings. The third-order valence-electron chi connectivity index (χ3n) is 4.37. The number of hydrogen-bond donors (Lipinski definition) is 1. The number of piperidine rings is 1. The maximum atomic E-state index is 12.3. The highest BCUT2D eigenvalue weighted by Crippen LogP contribution is 2.16. The molecule has 2 aromatic heterocycles. The summed E-state index contributed by atoms with van der Waals surface area (Å²) in [6.45, 7) is 3.52. The Balaban J connectivity index is 1.42. The molecule has 0 saturated carbocycles. The topological polar surface area (TPSA) is 71.0 Å². The normalized spacial score (nSPS) is 15.3. The predicted octanol–water partition coefficient (Wildman–Crippen LogP) is 2.22. The first-order valence-electron chi connectivity index (χ1n) is 8.44. The Labute approximate surface area is 142 Å². The van der Waals surface area contributed by atoms with E-state index in [0.29, 0.717) is 12.5 Å². The Morgan fingerprint density at radius 2 is 1.92 bits per heavy atom. The number of likely N-dealkylation sites (tertiary alicyclic amines) is 1. The number of amides is 1. The minimum Gasteiger partial charge on any atom is -0.366 e. The first-order chi connectivity index (χ1) is 11.7. The molecule has 0 spiro atoms. The number of nitrogens with one attached hydrogen (secondary N) is 1. The van der Waals surface area contributed by atoms with Gasteiger partial charge in [-0.3, -0.25) is 9.78 Å². The van der Waals surface area contributed by atoms with E-state index < -0.39 is 0 Å². The van der Waals surface area contributed by atoms with Crippen molar-refractivity contribution in [1.29, 1.82) is 0 Å². The number of carbonyl (C=O) groups is 1. The molecule has 3 heterocycles. The summed E-state index contributed by atoms with van der Waals surface area (Å²) in [7, 11) is 0. The van der Waals surface area contributed by atoms with Gasteiger partial charge in [-0.2, -0.15) is 5.10 Å². The van der Waals surface area contributed by atoms with Crippen LogP contribution in [0, 0.1) is 6.92 Å². The summed E-state index contributed by atoms with van der Waals surface area (Å²) in [6.07, 6.45) is 6.76. The van der Waals surface area contributed by atoms with Crippen molar-refractivity contribution in [3.05, 3.63) is 47.9 Å². The summed E-state index contributed by atoms with van der Waals surface area (Å²) < 4.78 is 0. The van der Waals surface area contributed by atoms with Gasteiger partial charge in [-0.05, 0) is 56.0 Å². The van der Waals surface area contributed by atoms with Crippen molar-refractivity contribution >= 4 is 11.7 Å². The zero-order valence-corrected chi connectivity index (χ0v) is 14.0. The Morgan fingerprint density at radius 1 is 1.17 bits per heavy atom. The second kappa shape index (κ2) is 7.86. The molecule has 1 aliphatic heterocycles. The number of rotatable bonds is 5. The van der Waals surface area contributed by atoms with Crippen molar-refractivity contribution in [3.8, 4) is 0 Å². The van der Waals surface area contributed by atoms with E-state index in [0.717, 1.165) is 49.4 Å². The van der Waals surface area contributed by atoms with Gasteiger partial charge < -0.3 is 10.2 Å². The van der Waals surface area contributed by atoms with E-state index in [4.69, 9.17) is 0 Å². The van der Waals surface area contributed by atoms with Crippen LogP contribution in [0.1, 0.15) is 30.5 Å². The van der Waals surface area contributed by atoms with E-state index in [1.54, 1.807) is 12.4 Å². The quantitative estimate of drug-likeness (QED) is 0.912. The van der Waals surface area contributed by atoms with E-state index in [1.807, 2.05) is 36.1 Å². The summed E-state index contributed by atoms with van der Waals surface area (Å²) >= 11 is 0. The number of hydrogen-bond acceptors (Lipinski definition) is 5. The summed E-state index contributed by atoms with van der Waals surface area (Å²) in [6, 6.07) is 8.19. The molecule has 2 aromatic rings. The summed E-state index contributed by atoms with van der Waals surface area (Å²) in [5, 5.41) is 11.6. The van der Waals surface area contributed by atoms with Gasteiger partial charge in [0.05, 0.1) is 5.69 Å². The first-order valence-corrected chi connectivity index (χ1v) is 8.44. The fraction of sp³-hybridized carbons (Fsp3) is 0.444. The van der Waals surface area contributed by atoms with Gasteiger partial charge in [0.2, 0.25) is 5.91 Å². The van der Waals surface area contributed by atoms with Crippen LogP contribution in [0.3, 0.4) is 0 Å². The number of anilines is 1. The highest BCUT2D eigenvalue weighted by atomic mass is 16.2. The van der Waals surface area contributed by atoms with Gasteiger partial charge in [0.1, 0.15) is 5.82 Å². The molecule has 6 heteroatoms. The monoisotopic (exact) mass is 325 g/mol. The van der Waals surface area contributed by atoms with Crippen LogP contribution in [0.25, 0.3) is 0 Å². The standard InChI is InChI=1S/C18H23N5O/c1-14-2-4-17(22-21-14)20-16-8-12-23(13-9-16)18(24)5-3-15-6-10-19-11-7-15/h2,4,6-7,10-11,16H,3,5,8-9,12-13H2,1H3,(H,20,22). The zero-order valence-electron chi connectivity index (χ0n) is 14.0. The average molecular weight is 325 g/mol. The van der Waals surface area contributed by atoms with Gasteiger partial charge in [-0.1, -0.05) is 0 Å². The Morgan fingerprint density at radius 3 is 2.58 bits per heavy atom. The highest BCUT2D eigenvalue weighted by Gasteiger charge is 2.22. The smallest absolute Gasteiger partial charge is 0.222 e. The largest absolute Gasteiger partial charge is 0.366 e. The number of aryl methyl sites for hydroxylation is 2. The van der Waals surface area contributed by atoms with Crippen LogP contribution in [-0.4, -0.2) is 45.1 Å². The molecule has 0 aliphatic carbocycles. The fourth-order valence-electron chi connectivity index (χ4n) is 2.92. The lowest BCUT2D eigenvalue weighted by molar-refractivity contribution is -0.132. The van der Waals surface area contributed by atoms with Gasteiger partial charge in [0.25, 0.3) is 0 Å². The zero-order chi connectivity index (χ0) is 16.8. The van der Waals surface area contributed by atoms with E-state index in [2.05, 4.69) is 20.5 Å². The molecule has 126 valence electrons. The highest BCUT2D eigenvalue weighted by molar-refractivity contribution is 5.76. The van der Waals surface area contributed by atoms with Gasteiger partial charge >= 0.3 is 0 Å². The Bertz CT molecular complexity index is 651. The van der Waals surface area contributed by atoms with Crippen molar-refractivity contribution < 1.29 is 4.79 Å². The van der Waals surface area contributed by atoms with Crippen LogP contribution in [0.4, 0.5) is 5.82 Å². The SMILES string of the molecule is Cc1ccc(NC2CCN(C(=O)CCc3ccncc3)CC2)nn1. The van der Waals surface area contributed by atoms with Crippen molar-refractivity contribution in [2.75, 3.05) is 18.4 Å². The molecule has 0 aromatic carbocycles. The van der Waals surface area contributed by atoms with Crippen molar-refractivity contribution in [3.63, 3.8) is 0 Å². The van der Waals surface area contributed by atoms with E-state index >= 15 is 0 Å². The molecule has 24 heavy (non-hydrogen) atoms. The van der Waals surface area contributed by atoms with Crippen molar-refractivity contribution in [2.24, 2.45) is 0 Å². The molecular formula is C18H23N5O. The summed E-state index contributed by atoms with van der Waals surface area (Å²) in [4.78, 5) is 18.3. The van der Waals surface area contributed by atoms with E-state index in [9.17, 15) is 4.79 Å². The molecule has 1 fully saturated rings. The van der Waals surface area contributed by atoms with Gasteiger partial charge in [-0.15, -0.1) is 5.10 Å². The number of carbonyl (C=O) groups excluding carboxylic acids is 1. The molecule has 1 amide bonds. The third-order valence-corrected chi connectivity index (χ3v) is 4.37. The number of aromatic nitrogens is 3. The van der Waals surface area contributed by atoms with Crippen LogP contribution < -0.4 is 5.32 Å². The molecule has 6 nitrogen and oxygen atoms in total. The fourth-order valence-corrected chi connectivity index (χ4v) is 2.92. The first kappa shape index (κ1) is 16.4. The second-order valence-corrected chi connectivity index (χ2v) is 6.21. The lowest BCUT2D eigenvalue weighted by atomic mass is 10.0. The maximum absolute atomic E-state index is 12.3. The molecule has 3 rings (SSSR count). The molecule has 0 atom stereocenters. The van der Waals surface area contributed by atoms with Crippen LogP contribution in [0.5, 0.6) is 0 Å². The summed E-state index contributed by atoms with van der Waals surface area (Å²) in [5.74, 6) is 1.04. The third kappa shape index (κ3) is 4.50. The second-order valence-electron chi connectivity index (χ2n) is 6.21. The molecule has 1 saturated heterocycles. The average Bonchev–Trinajstić information content (AvgIpc) is 2.63. The van der Waals surface area contributed by atoms with Gasteiger partial charge in [-0.25, -0.2) is 0 Å². The molecule has 0 unspecified atom stereocenters. The maximum Gasteiger partial charge on any atom is 0.222 e. The summed E-state index contributed by atoms with van der Waals surface area (Å²) in [5.41, 5.74) is 2.07. The van der Waals surface area contributed by atoms with Crippen LogP contribution in [0.2, 0.25) is 0 Å². The molecule has 1 N–H and O–H groups in total. The number of nitrogens with zero attached hydrogens (tertiary/aromatic N) is 4.